The highest BCUT2D eigenvalue weighted by Gasteiger charge is 2.26. The number of hydrogen-bond donors (Lipinski definition) is 2. The van der Waals surface area contributed by atoms with Crippen LogP contribution in [0.3, 0.4) is 0 Å². The molecular weight excluding hydrogens is 450 g/mol. The zero-order valence-electron chi connectivity index (χ0n) is 14.3. The van der Waals surface area contributed by atoms with E-state index in [1.54, 1.807) is 30.3 Å². The largest absolute Gasteiger partial charge is 0.332 e. The molecule has 142 valence electrons. The van der Waals surface area contributed by atoms with Crippen LogP contribution in [-0.4, -0.2) is 36.8 Å². The van der Waals surface area contributed by atoms with Gasteiger partial charge in [0.2, 0.25) is 10.0 Å². The third-order valence-electron chi connectivity index (χ3n) is 4.16. The maximum Gasteiger partial charge on any atom is 0.258 e. The third kappa shape index (κ3) is 4.73. The quantitative estimate of drug-likeness (QED) is 0.673. The molecule has 1 fully saturated rings. The van der Waals surface area contributed by atoms with Crippen LogP contribution in [0.15, 0.2) is 57.9 Å². The SMILES string of the molecule is O=C(NC(=S)Nc1ccc(S(=O)(=O)N2CCCC2)cc1)c1ccccc1Br. The highest BCUT2D eigenvalue weighted by molar-refractivity contribution is 9.10. The van der Waals surface area contributed by atoms with Crippen molar-refractivity contribution in [2.24, 2.45) is 0 Å². The maximum absolute atomic E-state index is 12.5. The minimum absolute atomic E-state index is 0.130. The van der Waals surface area contributed by atoms with Crippen molar-refractivity contribution in [1.29, 1.82) is 0 Å². The van der Waals surface area contributed by atoms with Crippen LogP contribution in [0.2, 0.25) is 0 Å². The van der Waals surface area contributed by atoms with Crippen LogP contribution in [0.5, 0.6) is 0 Å². The van der Waals surface area contributed by atoms with Gasteiger partial charge in [-0.05, 0) is 77.4 Å². The molecule has 1 aliphatic rings. The van der Waals surface area contributed by atoms with E-state index in [-0.39, 0.29) is 15.9 Å². The van der Waals surface area contributed by atoms with Gasteiger partial charge in [-0.2, -0.15) is 4.31 Å². The summed E-state index contributed by atoms with van der Waals surface area (Å²) in [5.74, 6) is -0.340. The molecule has 9 heteroatoms. The zero-order chi connectivity index (χ0) is 19.4. The van der Waals surface area contributed by atoms with Crippen molar-refractivity contribution < 1.29 is 13.2 Å². The van der Waals surface area contributed by atoms with Crippen molar-refractivity contribution in [3.63, 3.8) is 0 Å². The number of hydrogen-bond acceptors (Lipinski definition) is 4. The monoisotopic (exact) mass is 467 g/mol. The number of anilines is 1. The first kappa shape index (κ1) is 19.9. The molecule has 3 rings (SSSR count). The topological polar surface area (TPSA) is 78.5 Å². The summed E-state index contributed by atoms with van der Waals surface area (Å²) < 4.78 is 27.2. The van der Waals surface area contributed by atoms with Crippen LogP contribution in [0.25, 0.3) is 0 Å². The van der Waals surface area contributed by atoms with Gasteiger partial charge in [-0.25, -0.2) is 8.42 Å². The smallest absolute Gasteiger partial charge is 0.258 e. The Balaban J connectivity index is 1.63. The summed E-state index contributed by atoms with van der Waals surface area (Å²) in [6.07, 6.45) is 1.79. The Hall–Kier alpha value is -1.81. The fraction of sp³-hybridized carbons (Fsp3) is 0.222. The van der Waals surface area contributed by atoms with Crippen LogP contribution in [0, 0.1) is 0 Å². The van der Waals surface area contributed by atoms with Crippen LogP contribution in [0.1, 0.15) is 23.2 Å². The third-order valence-corrected chi connectivity index (χ3v) is 6.97. The second kappa shape index (κ2) is 8.47. The van der Waals surface area contributed by atoms with Gasteiger partial charge in [0.25, 0.3) is 5.91 Å². The summed E-state index contributed by atoms with van der Waals surface area (Å²) in [6, 6.07) is 13.3. The van der Waals surface area contributed by atoms with E-state index in [4.69, 9.17) is 12.2 Å². The molecule has 6 nitrogen and oxygen atoms in total. The second-order valence-electron chi connectivity index (χ2n) is 6.02. The molecule has 0 atom stereocenters. The van der Waals surface area contributed by atoms with Gasteiger partial charge in [0.1, 0.15) is 0 Å². The Morgan fingerprint density at radius 2 is 1.67 bits per heavy atom. The number of amides is 1. The van der Waals surface area contributed by atoms with Crippen molar-refractivity contribution >= 4 is 54.9 Å². The first-order chi connectivity index (χ1) is 12.9. The fourth-order valence-corrected chi connectivity index (χ4v) is 4.96. The van der Waals surface area contributed by atoms with Gasteiger partial charge < -0.3 is 5.32 Å². The Morgan fingerprint density at radius 3 is 2.30 bits per heavy atom. The van der Waals surface area contributed by atoms with Gasteiger partial charge in [-0.1, -0.05) is 12.1 Å². The lowest BCUT2D eigenvalue weighted by molar-refractivity contribution is 0.0977. The molecule has 2 aromatic carbocycles. The van der Waals surface area contributed by atoms with Crippen molar-refractivity contribution in [1.82, 2.24) is 9.62 Å². The van der Waals surface area contributed by atoms with E-state index in [0.717, 1.165) is 12.8 Å². The Labute approximate surface area is 172 Å². The van der Waals surface area contributed by atoms with Gasteiger partial charge in [0.05, 0.1) is 10.5 Å². The molecule has 0 radical (unpaired) electrons. The van der Waals surface area contributed by atoms with Crippen molar-refractivity contribution in [3.05, 3.63) is 58.6 Å². The van der Waals surface area contributed by atoms with Crippen molar-refractivity contribution in [2.75, 3.05) is 18.4 Å². The van der Waals surface area contributed by atoms with E-state index in [0.29, 0.717) is 28.8 Å². The van der Waals surface area contributed by atoms with Gasteiger partial charge in [0, 0.05) is 23.2 Å². The van der Waals surface area contributed by atoms with Gasteiger partial charge in [0.15, 0.2) is 5.11 Å². The summed E-state index contributed by atoms with van der Waals surface area (Å²) >= 11 is 8.49. The van der Waals surface area contributed by atoms with E-state index in [1.165, 1.54) is 16.4 Å². The Kier molecular flexibility index (Phi) is 6.25. The normalized spacial score (nSPS) is 14.7. The maximum atomic E-state index is 12.5. The fourth-order valence-electron chi connectivity index (χ4n) is 2.77. The average molecular weight is 468 g/mol. The molecule has 0 spiro atoms. The molecule has 27 heavy (non-hydrogen) atoms. The van der Waals surface area contributed by atoms with Crippen molar-refractivity contribution in [3.8, 4) is 0 Å². The molecule has 0 unspecified atom stereocenters. The summed E-state index contributed by atoms with van der Waals surface area (Å²) in [4.78, 5) is 12.5. The van der Waals surface area contributed by atoms with Gasteiger partial charge >= 0.3 is 0 Å². The molecule has 0 saturated carbocycles. The summed E-state index contributed by atoms with van der Waals surface area (Å²) in [6.45, 7) is 1.13. The lowest BCUT2D eigenvalue weighted by Crippen LogP contribution is -2.34. The van der Waals surface area contributed by atoms with Gasteiger partial charge in [-0.15, -0.1) is 0 Å². The number of sulfonamides is 1. The van der Waals surface area contributed by atoms with E-state index in [9.17, 15) is 13.2 Å². The minimum atomic E-state index is -3.45. The van der Waals surface area contributed by atoms with Gasteiger partial charge in [-0.3, -0.25) is 10.1 Å². The molecular formula is C18H18BrN3O3S2. The first-order valence-corrected chi connectivity index (χ1v) is 11.0. The number of carbonyl (C=O) groups excluding carboxylic acids is 1. The lowest BCUT2D eigenvalue weighted by atomic mass is 10.2. The Morgan fingerprint density at radius 1 is 1.04 bits per heavy atom. The second-order valence-corrected chi connectivity index (χ2v) is 9.22. The lowest BCUT2D eigenvalue weighted by Gasteiger charge is -2.16. The summed E-state index contributed by atoms with van der Waals surface area (Å²) in [7, 11) is -3.45. The highest BCUT2D eigenvalue weighted by atomic mass is 79.9. The number of benzene rings is 2. The van der Waals surface area contributed by atoms with Crippen LogP contribution < -0.4 is 10.6 Å². The predicted octanol–water partition coefficient (Wildman–Crippen LogP) is 3.36. The minimum Gasteiger partial charge on any atom is -0.332 e. The van der Waals surface area contributed by atoms with Crippen LogP contribution in [-0.2, 0) is 10.0 Å². The van der Waals surface area contributed by atoms with E-state index in [1.807, 2.05) is 6.07 Å². The molecule has 1 aliphatic heterocycles. The number of nitrogens with one attached hydrogen (secondary N) is 2. The molecule has 1 heterocycles. The first-order valence-electron chi connectivity index (χ1n) is 8.35. The van der Waals surface area contributed by atoms with E-state index < -0.39 is 10.0 Å². The predicted molar refractivity (Wildman–Crippen MR) is 112 cm³/mol. The number of nitrogens with zero attached hydrogens (tertiary/aromatic N) is 1. The molecule has 0 bridgehead atoms. The van der Waals surface area contributed by atoms with Crippen LogP contribution in [0.4, 0.5) is 5.69 Å². The highest BCUT2D eigenvalue weighted by Crippen LogP contribution is 2.22. The number of halogens is 1. The summed E-state index contributed by atoms with van der Waals surface area (Å²) in [5, 5.41) is 5.62. The van der Waals surface area contributed by atoms with Crippen LogP contribution >= 0.6 is 28.1 Å². The number of thiocarbonyl (C=S) groups is 1. The number of rotatable bonds is 4. The summed E-state index contributed by atoms with van der Waals surface area (Å²) in [5.41, 5.74) is 1.06. The van der Waals surface area contributed by atoms with E-state index >= 15 is 0 Å². The molecule has 1 saturated heterocycles. The van der Waals surface area contributed by atoms with Crippen molar-refractivity contribution in [2.45, 2.75) is 17.7 Å². The zero-order valence-corrected chi connectivity index (χ0v) is 17.5. The number of carbonyl (C=O) groups is 1. The molecule has 0 aliphatic carbocycles. The molecule has 2 aromatic rings. The average Bonchev–Trinajstić information content (AvgIpc) is 3.18. The van der Waals surface area contributed by atoms with E-state index in [2.05, 4.69) is 26.6 Å². The Bertz CT molecular complexity index is 956. The molecule has 2 N–H and O–H groups in total. The molecule has 0 aromatic heterocycles. The molecule has 1 amide bonds. The standard InChI is InChI=1S/C18H18BrN3O3S2/c19-16-6-2-1-5-15(16)17(23)21-18(26)20-13-7-9-14(10-8-13)27(24,25)22-11-3-4-12-22/h1-2,5-10H,3-4,11-12H2,(H2,20,21,23,26).